The van der Waals surface area contributed by atoms with Crippen LogP contribution in [0.3, 0.4) is 0 Å². The fraction of sp³-hybridized carbons (Fsp3) is 0.706. The number of halogens is 1. The molecule has 10 nitrogen and oxygen atoms in total. The summed E-state index contributed by atoms with van der Waals surface area (Å²) in [4.78, 5) is 36.5. The Morgan fingerprint density at radius 1 is 1.46 bits per heavy atom. The van der Waals surface area contributed by atoms with Crippen molar-refractivity contribution in [3.8, 4) is 0 Å². The molecule has 1 saturated heterocycles. The summed E-state index contributed by atoms with van der Waals surface area (Å²) < 4.78 is 31.0. The molecule has 2 heterocycles. The van der Waals surface area contributed by atoms with Crippen LogP contribution in [0.4, 0.5) is 4.39 Å². The molecular formula is C17H26FN3O7. The van der Waals surface area contributed by atoms with E-state index in [0.717, 1.165) is 4.57 Å². The van der Waals surface area contributed by atoms with Gasteiger partial charge >= 0.3 is 11.7 Å². The van der Waals surface area contributed by atoms with Gasteiger partial charge in [0.2, 0.25) is 5.82 Å². The molecule has 0 aliphatic carbocycles. The number of hydrogen-bond donors (Lipinski definition) is 2. The average molecular weight is 403 g/mol. The zero-order valence-corrected chi connectivity index (χ0v) is 16.0. The molecule has 1 aliphatic rings. The third-order valence-electron chi connectivity index (χ3n) is 4.48. The number of aliphatic hydroxyl groups excluding tert-OH is 1. The van der Waals surface area contributed by atoms with E-state index in [1.165, 1.54) is 0 Å². The maximum atomic E-state index is 14.1. The molecule has 1 aliphatic heterocycles. The Bertz CT molecular complexity index is 807. The number of carbonyl (C=O) groups is 1. The zero-order valence-electron chi connectivity index (χ0n) is 16.0. The minimum atomic E-state index is -1.24. The highest BCUT2D eigenvalue weighted by Gasteiger charge is 2.36. The third kappa shape index (κ3) is 4.85. The molecule has 0 aromatic carbocycles. The van der Waals surface area contributed by atoms with E-state index >= 15 is 0 Å². The fourth-order valence-electron chi connectivity index (χ4n) is 2.67. The van der Waals surface area contributed by atoms with E-state index in [1.54, 1.807) is 20.8 Å². The molecule has 0 bridgehead atoms. The number of hydrogen-bond acceptors (Lipinski definition) is 8. The van der Waals surface area contributed by atoms with Gasteiger partial charge in [-0.1, -0.05) is 13.8 Å². The summed E-state index contributed by atoms with van der Waals surface area (Å²) in [6.07, 6.45) is -1.89. The Hall–Kier alpha value is -2.08. The molecule has 0 unspecified atom stereocenters. The van der Waals surface area contributed by atoms with Crippen LogP contribution in [0.5, 0.6) is 0 Å². The van der Waals surface area contributed by atoms with E-state index in [4.69, 9.17) is 19.9 Å². The van der Waals surface area contributed by atoms with E-state index in [0.29, 0.717) is 17.4 Å². The number of carbonyl (C=O) groups excluding carboxylic acids is 1. The summed E-state index contributed by atoms with van der Waals surface area (Å²) in [5.41, 5.74) is 3.47. The van der Waals surface area contributed by atoms with Crippen LogP contribution < -0.4 is 17.0 Å². The summed E-state index contributed by atoms with van der Waals surface area (Å²) in [5.74, 6) is -2.26. The normalized spacial score (nSPS) is 23.2. The van der Waals surface area contributed by atoms with Crippen LogP contribution in [0, 0.1) is 11.7 Å². The Kier molecular flexibility index (Phi) is 7.47. The van der Waals surface area contributed by atoms with Crippen LogP contribution in [-0.4, -0.2) is 51.7 Å². The summed E-state index contributed by atoms with van der Waals surface area (Å²) in [6.45, 7) is 4.92. The SMILES string of the molecule is CCOC[C@H]1O[C@@H](n2cc(F)c(=O)n(COC(=O)[C@@H](N)C(C)C)c2=O)C[C@@H]1O. The first kappa shape index (κ1) is 22.2. The van der Waals surface area contributed by atoms with Crippen LogP contribution in [0.25, 0.3) is 0 Å². The van der Waals surface area contributed by atoms with Crippen molar-refractivity contribution in [2.45, 2.75) is 58.4 Å². The van der Waals surface area contributed by atoms with Crippen LogP contribution >= 0.6 is 0 Å². The van der Waals surface area contributed by atoms with Gasteiger partial charge in [0.05, 0.1) is 18.9 Å². The molecule has 0 spiro atoms. The number of nitrogens with zero attached hydrogens (tertiary/aromatic N) is 2. The van der Waals surface area contributed by atoms with Crippen LogP contribution in [0.1, 0.15) is 33.4 Å². The second-order valence-electron chi connectivity index (χ2n) is 6.85. The van der Waals surface area contributed by atoms with Gasteiger partial charge in [0.1, 0.15) is 18.4 Å². The predicted molar refractivity (Wildman–Crippen MR) is 94.9 cm³/mol. The summed E-state index contributed by atoms with van der Waals surface area (Å²) in [6, 6.07) is -0.945. The maximum absolute atomic E-state index is 14.1. The summed E-state index contributed by atoms with van der Waals surface area (Å²) >= 11 is 0. The maximum Gasteiger partial charge on any atom is 0.336 e. The highest BCUT2D eigenvalue weighted by Crippen LogP contribution is 2.27. The lowest BCUT2D eigenvalue weighted by molar-refractivity contribution is -0.150. The standard InChI is InChI=1S/C17H26FN3O7/c1-4-26-7-12-11(22)5-13(28-12)20-6-10(18)15(23)21(17(20)25)8-27-16(24)14(19)9(2)3/h6,9,11-14,22H,4-5,7-8,19H2,1-3H3/t11-,12+,13+,14-/m0/s1. The monoisotopic (exact) mass is 403 g/mol. The zero-order chi connectivity index (χ0) is 21.0. The summed E-state index contributed by atoms with van der Waals surface area (Å²) in [7, 11) is 0. The van der Waals surface area contributed by atoms with Gasteiger partial charge in [0.25, 0.3) is 5.56 Å². The van der Waals surface area contributed by atoms with Crippen LogP contribution in [0.2, 0.25) is 0 Å². The fourth-order valence-corrected chi connectivity index (χ4v) is 2.67. The van der Waals surface area contributed by atoms with Crippen LogP contribution in [0.15, 0.2) is 15.8 Å². The van der Waals surface area contributed by atoms with Gasteiger partial charge in [-0.25, -0.2) is 9.36 Å². The highest BCUT2D eigenvalue weighted by molar-refractivity contribution is 5.75. The molecule has 11 heteroatoms. The smallest absolute Gasteiger partial charge is 0.336 e. The van der Waals surface area contributed by atoms with Crippen molar-refractivity contribution in [3.05, 3.63) is 32.9 Å². The number of aromatic nitrogens is 2. The van der Waals surface area contributed by atoms with Gasteiger partial charge in [-0.2, -0.15) is 4.39 Å². The second-order valence-corrected chi connectivity index (χ2v) is 6.85. The third-order valence-corrected chi connectivity index (χ3v) is 4.48. The molecule has 0 amide bonds. The van der Waals surface area contributed by atoms with Gasteiger partial charge in [0, 0.05) is 13.0 Å². The molecule has 4 atom stereocenters. The molecule has 0 radical (unpaired) electrons. The number of nitrogens with two attached hydrogens (primary N) is 1. The van der Waals surface area contributed by atoms with Gasteiger partial charge in [-0.15, -0.1) is 0 Å². The quantitative estimate of drug-likeness (QED) is 0.545. The molecule has 2 rings (SSSR count). The number of aliphatic hydroxyl groups is 1. The number of esters is 1. The van der Waals surface area contributed by atoms with Crippen molar-refractivity contribution in [1.29, 1.82) is 0 Å². The van der Waals surface area contributed by atoms with E-state index in [2.05, 4.69) is 0 Å². The first-order valence-electron chi connectivity index (χ1n) is 9.02. The van der Waals surface area contributed by atoms with Gasteiger partial charge in [-0.3, -0.25) is 14.2 Å². The first-order valence-corrected chi connectivity index (χ1v) is 9.02. The first-order chi connectivity index (χ1) is 13.2. The molecule has 1 fully saturated rings. The average Bonchev–Trinajstić information content (AvgIpc) is 3.02. The van der Waals surface area contributed by atoms with E-state index in [9.17, 15) is 23.9 Å². The summed E-state index contributed by atoms with van der Waals surface area (Å²) in [5, 5.41) is 10.1. The lowest BCUT2D eigenvalue weighted by atomic mass is 10.1. The minimum Gasteiger partial charge on any atom is -0.442 e. The topological polar surface area (TPSA) is 135 Å². The molecule has 1 aromatic heterocycles. The minimum absolute atomic E-state index is 0.00724. The predicted octanol–water partition coefficient (Wildman–Crippen LogP) is -0.682. The lowest BCUT2D eigenvalue weighted by Gasteiger charge is -2.18. The van der Waals surface area contributed by atoms with E-state index < -0.39 is 54.2 Å². The molecular weight excluding hydrogens is 377 g/mol. The number of ether oxygens (including phenoxy) is 3. The van der Waals surface area contributed by atoms with Crippen molar-refractivity contribution in [3.63, 3.8) is 0 Å². The van der Waals surface area contributed by atoms with Gasteiger partial charge < -0.3 is 25.1 Å². The highest BCUT2D eigenvalue weighted by atomic mass is 19.1. The molecule has 158 valence electrons. The molecule has 3 N–H and O–H groups in total. The Morgan fingerprint density at radius 2 is 2.14 bits per heavy atom. The Balaban J connectivity index is 2.23. The van der Waals surface area contributed by atoms with Crippen LogP contribution in [-0.2, 0) is 25.7 Å². The second kappa shape index (κ2) is 9.41. The Morgan fingerprint density at radius 3 is 2.75 bits per heavy atom. The molecule has 1 aromatic rings. The largest absolute Gasteiger partial charge is 0.442 e. The van der Waals surface area contributed by atoms with E-state index in [1.807, 2.05) is 0 Å². The Labute approximate surface area is 160 Å². The lowest BCUT2D eigenvalue weighted by Crippen LogP contribution is -2.44. The number of rotatable bonds is 8. The van der Waals surface area contributed by atoms with Gasteiger partial charge in [0.15, 0.2) is 6.73 Å². The van der Waals surface area contributed by atoms with Crippen molar-refractivity contribution < 1.29 is 28.5 Å². The van der Waals surface area contributed by atoms with Crippen molar-refractivity contribution in [2.24, 2.45) is 11.7 Å². The van der Waals surface area contributed by atoms with Crippen molar-refractivity contribution in [2.75, 3.05) is 13.2 Å². The molecule has 0 saturated carbocycles. The van der Waals surface area contributed by atoms with Gasteiger partial charge in [-0.05, 0) is 12.8 Å². The molecule has 28 heavy (non-hydrogen) atoms. The van der Waals surface area contributed by atoms with Crippen molar-refractivity contribution in [1.82, 2.24) is 9.13 Å². The van der Waals surface area contributed by atoms with Crippen molar-refractivity contribution >= 4 is 5.97 Å². The van der Waals surface area contributed by atoms with E-state index in [-0.39, 0.29) is 18.9 Å².